The molecule has 0 aromatic carbocycles. The van der Waals surface area contributed by atoms with E-state index in [0.29, 0.717) is 0 Å². The number of hydrogen-bond donors (Lipinski definition) is 1. The third-order valence-corrected chi connectivity index (χ3v) is 5.98. The molecule has 1 aliphatic carbocycles. The van der Waals surface area contributed by atoms with Gasteiger partial charge in [0.05, 0.1) is 11.2 Å². The summed E-state index contributed by atoms with van der Waals surface area (Å²) in [5.74, 6) is 2.48. The molecule has 1 saturated carbocycles. The molecule has 1 unspecified atom stereocenters. The van der Waals surface area contributed by atoms with Crippen LogP contribution in [0.1, 0.15) is 34.8 Å². The predicted molar refractivity (Wildman–Crippen MR) is 71.4 cm³/mol. The van der Waals surface area contributed by atoms with Crippen molar-refractivity contribution < 1.29 is 0 Å². The quantitative estimate of drug-likeness (QED) is 0.898. The summed E-state index contributed by atoms with van der Waals surface area (Å²) in [4.78, 5) is 6.17. The van der Waals surface area contributed by atoms with E-state index in [1.807, 2.05) is 11.3 Å². The molecule has 1 saturated heterocycles. The van der Waals surface area contributed by atoms with E-state index < -0.39 is 0 Å². The van der Waals surface area contributed by atoms with Gasteiger partial charge in [-0.05, 0) is 38.9 Å². The number of hydrogen-bond acceptors (Lipinski definition) is 4. The molecule has 2 aliphatic rings. The molecule has 1 aromatic rings. The van der Waals surface area contributed by atoms with Crippen LogP contribution in [0.3, 0.4) is 0 Å². The van der Waals surface area contributed by atoms with Crippen LogP contribution in [0.15, 0.2) is 0 Å². The van der Waals surface area contributed by atoms with Gasteiger partial charge in [0.1, 0.15) is 5.01 Å². The minimum Gasteiger partial charge on any atom is -0.302 e. The first-order valence-electron chi connectivity index (χ1n) is 6.00. The van der Waals surface area contributed by atoms with Crippen molar-refractivity contribution in [2.45, 2.75) is 44.7 Å². The zero-order chi connectivity index (χ0) is 11.2. The van der Waals surface area contributed by atoms with Gasteiger partial charge in [0.15, 0.2) is 0 Å². The van der Waals surface area contributed by atoms with Gasteiger partial charge in [-0.2, -0.15) is 11.8 Å². The Hall–Kier alpha value is -0.0600. The molecule has 1 aliphatic heterocycles. The lowest BCUT2D eigenvalue weighted by molar-refractivity contribution is 0.370. The maximum absolute atomic E-state index is 4.79. The summed E-state index contributed by atoms with van der Waals surface area (Å²) in [5.41, 5.74) is 1.42. The van der Waals surface area contributed by atoms with Crippen molar-refractivity contribution in [3.63, 3.8) is 0 Å². The number of aryl methyl sites for hydroxylation is 2. The number of rotatable bonds is 3. The molecule has 16 heavy (non-hydrogen) atoms. The fraction of sp³-hybridized carbons (Fsp3) is 0.750. The van der Waals surface area contributed by atoms with E-state index in [2.05, 4.69) is 30.9 Å². The topological polar surface area (TPSA) is 24.9 Å². The summed E-state index contributed by atoms with van der Waals surface area (Å²) in [6.07, 6.45) is 3.96. The minimum absolute atomic E-state index is 0.204. The molecule has 0 amide bonds. The molecular weight excluding hydrogens is 236 g/mol. The van der Waals surface area contributed by atoms with E-state index in [0.717, 1.165) is 6.04 Å². The van der Waals surface area contributed by atoms with Crippen LogP contribution in [0.25, 0.3) is 0 Å². The molecule has 2 nitrogen and oxygen atoms in total. The highest BCUT2D eigenvalue weighted by Gasteiger charge is 2.42. The van der Waals surface area contributed by atoms with Crippen LogP contribution in [-0.2, 0) is 5.54 Å². The molecule has 2 heterocycles. The highest BCUT2D eigenvalue weighted by Crippen LogP contribution is 2.41. The summed E-state index contributed by atoms with van der Waals surface area (Å²) in [5, 5.41) is 5.18. The highest BCUT2D eigenvalue weighted by molar-refractivity contribution is 7.99. The number of nitrogens with one attached hydrogen (secondary N) is 1. The van der Waals surface area contributed by atoms with Gasteiger partial charge in [-0.3, -0.25) is 0 Å². The van der Waals surface area contributed by atoms with E-state index in [-0.39, 0.29) is 5.54 Å². The van der Waals surface area contributed by atoms with Crippen LogP contribution in [0.5, 0.6) is 0 Å². The molecule has 1 atom stereocenters. The lowest BCUT2D eigenvalue weighted by Gasteiger charge is -2.27. The van der Waals surface area contributed by atoms with Crippen LogP contribution in [0, 0.1) is 13.8 Å². The summed E-state index contributed by atoms with van der Waals surface area (Å²) < 4.78 is 0. The van der Waals surface area contributed by atoms with Crippen LogP contribution in [0.4, 0.5) is 0 Å². The second kappa shape index (κ2) is 4.00. The van der Waals surface area contributed by atoms with Gasteiger partial charge in [0, 0.05) is 16.7 Å². The molecular formula is C12H18N2S2. The Balaban J connectivity index is 1.91. The molecule has 2 fully saturated rings. The van der Waals surface area contributed by atoms with Crippen LogP contribution in [-0.4, -0.2) is 22.5 Å². The third-order valence-electron chi connectivity index (χ3n) is 3.52. The average molecular weight is 254 g/mol. The molecule has 0 bridgehead atoms. The Morgan fingerprint density at radius 1 is 1.38 bits per heavy atom. The molecule has 0 radical (unpaired) electrons. The van der Waals surface area contributed by atoms with Crippen molar-refractivity contribution in [2.75, 3.05) is 11.5 Å². The van der Waals surface area contributed by atoms with Crippen molar-refractivity contribution in [2.24, 2.45) is 0 Å². The predicted octanol–water partition coefficient (Wildman–Crippen LogP) is 2.84. The number of thioether (sulfide) groups is 1. The summed E-state index contributed by atoms with van der Waals surface area (Å²) in [6, 6.07) is 0.767. The van der Waals surface area contributed by atoms with Crippen LogP contribution < -0.4 is 5.32 Å². The lowest BCUT2D eigenvalue weighted by Crippen LogP contribution is -2.43. The maximum Gasteiger partial charge on any atom is 0.114 e. The zero-order valence-corrected chi connectivity index (χ0v) is 11.5. The van der Waals surface area contributed by atoms with Gasteiger partial charge in [0.2, 0.25) is 0 Å². The largest absolute Gasteiger partial charge is 0.302 e. The molecule has 1 N–H and O–H groups in total. The molecule has 88 valence electrons. The van der Waals surface area contributed by atoms with Crippen molar-refractivity contribution in [3.8, 4) is 0 Å². The second-order valence-electron chi connectivity index (χ2n) is 4.96. The standard InChI is InChI=1S/C12H18N2S2/c1-8-9(2)16-11(13-8)12(5-6-15-7-12)14-10-3-4-10/h10,14H,3-7H2,1-2H3. The Morgan fingerprint density at radius 3 is 2.69 bits per heavy atom. The molecule has 1 aromatic heterocycles. The second-order valence-corrected chi connectivity index (χ2v) is 7.27. The first-order valence-corrected chi connectivity index (χ1v) is 7.97. The van der Waals surface area contributed by atoms with Gasteiger partial charge in [-0.15, -0.1) is 11.3 Å². The zero-order valence-electron chi connectivity index (χ0n) is 9.88. The van der Waals surface area contributed by atoms with E-state index >= 15 is 0 Å². The monoisotopic (exact) mass is 254 g/mol. The van der Waals surface area contributed by atoms with Crippen molar-refractivity contribution in [1.82, 2.24) is 10.3 Å². The number of aromatic nitrogens is 1. The maximum atomic E-state index is 4.79. The van der Waals surface area contributed by atoms with Crippen LogP contribution in [0.2, 0.25) is 0 Å². The summed E-state index contributed by atoms with van der Waals surface area (Å²) in [6.45, 7) is 4.31. The fourth-order valence-electron chi connectivity index (χ4n) is 2.21. The van der Waals surface area contributed by atoms with E-state index in [1.54, 1.807) is 0 Å². The Bertz CT molecular complexity index is 370. The van der Waals surface area contributed by atoms with Gasteiger partial charge in [-0.25, -0.2) is 4.98 Å². The van der Waals surface area contributed by atoms with Gasteiger partial charge in [0.25, 0.3) is 0 Å². The molecule has 4 heteroatoms. The SMILES string of the molecule is Cc1nc(C2(NC3CC3)CCSC2)sc1C. The Morgan fingerprint density at radius 2 is 2.19 bits per heavy atom. The normalized spacial score (nSPS) is 29.9. The fourth-order valence-corrected chi connectivity index (χ4v) is 4.74. The van der Waals surface area contributed by atoms with E-state index in [9.17, 15) is 0 Å². The first-order chi connectivity index (χ1) is 7.70. The van der Waals surface area contributed by atoms with Gasteiger partial charge in [-0.1, -0.05) is 0 Å². The molecule has 0 spiro atoms. The summed E-state index contributed by atoms with van der Waals surface area (Å²) >= 11 is 3.96. The minimum atomic E-state index is 0.204. The third kappa shape index (κ3) is 1.91. The van der Waals surface area contributed by atoms with Crippen molar-refractivity contribution in [3.05, 3.63) is 15.6 Å². The van der Waals surface area contributed by atoms with E-state index in [1.165, 1.54) is 46.3 Å². The van der Waals surface area contributed by atoms with Crippen LogP contribution >= 0.6 is 23.1 Å². The number of nitrogens with zero attached hydrogens (tertiary/aromatic N) is 1. The Labute approximate surface area is 105 Å². The smallest absolute Gasteiger partial charge is 0.114 e. The first kappa shape index (κ1) is 11.1. The molecule has 3 rings (SSSR count). The highest BCUT2D eigenvalue weighted by atomic mass is 32.2. The van der Waals surface area contributed by atoms with Crippen molar-refractivity contribution in [1.29, 1.82) is 0 Å². The van der Waals surface area contributed by atoms with Crippen molar-refractivity contribution >= 4 is 23.1 Å². The van der Waals surface area contributed by atoms with E-state index in [4.69, 9.17) is 4.98 Å². The number of thiazole rings is 1. The summed E-state index contributed by atoms with van der Waals surface area (Å²) in [7, 11) is 0. The Kier molecular flexibility index (Phi) is 2.76. The van der Waals surface area contributed by atoms with Gasteiger partial charge < -0.3 is 5.32 Å². The average Bonchev–Trinajstić information content (AvgIpc) is 2.80. The van der Waals surface area contributed by atoms with Gasteiger partial charge >= 0.3 is 0 Å². The lowest BCUT2D eigenvalue weighted by atomic mass is 10.00.